The van der Waals surface area contributed by atoms with Gasteiger partial charge in [-0.1, -0.05) is 30.3 Å². The number of alkyl halides is 3. The highest BCUT2D eigenvalue weighted by molar-refractivity contribution is 5.73. The van der Waals surface area contributed by atoms with Gasteiger partial charge in [0.1, 0.15) is 12.3 Å². The zero-order chi connectivity index (χ0) is 16.9. The van der Waals surface area contributed by atoms with Crippen molar-refractivity contribution < 1.29 is 27.8 Å². The third-order valence-corrected chi connectivity index (χ3v) is 2.95. The summed E-state index contributed by atoms with van der Waals surface area (Å²) in [6.07, 6.45) is -4.77. The van der Waals surface area contributed by atoms with Crippen LogP contribution in [0.3, 0.4) is 0 Å². The number of carboxylic acids is 1. The minimum absolute atomic E-state index is 0.144. The molecule has 0 radical (unpaired) electrons. The maximum Gasteiger partial charge on any atom is 0.573 e. The summed E-state index contributed by atoms with van der Waals surface area (Å²) >= 11 is 0. The van der Waals surface area contributed by atoms with Crippen molar-refractivity contribution in [3.05, 3.63) is 60.2 Å². The number of rotatable bonds is 6. The molecule has 0 bridgehead atoms. The third kappa shape index (κ3) is 5.54. The number of nitrogens with zero attached hydrogens (tertiary/aromatic N) is 1. The number of halogens is 3. The van der Waals surface area contributed by atoms with Crippen molar-refractivity contribution in [2.75, 3.05) is 11.4 Å². The van der Waals surface area contributed by atoms with Gasteiger partial charge < -0.3 is 14.7 Å². The number of para-hydroxylation sites is 1. The average molecular weight is 325 g/mol. The lowest BCUT2D eigenvalue weighted by molar-refractivity contribution is -0.274. The van der Waals surface area contributed by atoms with Crippen LogP contribution in [0.25, 0.3) is 0 Å². The number of anilines is 1. The molecule has 0 unspecified atom stereocenters. The van der Waals surface area contributed by atoms with E-state index >= 15 is 0 Å². The number of benzene rings is 2. The first-order valence-electron chi connectivity index (χ1n) is 6.70. The van der Waals surface area contributed by atoms with Gasteiger partial charge in [0.15, 0.2) is 0 Å². The molecule has 0 fully saturated rings. The van der Waals surface area contributed by atoms with Gasteiger partial charge in [-0.05, 0) is 29.8 Å². The number of ether oxygens (including phenoxy) is 1. The summed E-state index contributed by atoms with van der Waals surface area (Å²) in [5, 5.41) is 9.02. The summed E-state index contributed by atoms with van der Waals surface area (Å²) in [5.74, 6) is -1.37. The van der Waals surface area contributed by atoms with Crippen LogP contribution in [0, 0.1) is 0 Å². The Balaban J connectivity index is 2.19. The highest BCUT2D eigenvalue weighted by Gasteiger charge is 2.31. The van der Waals surface area contributed by atoms with E-state index in [4.69, 9.17) is 5.11 Å². The number of carboxylic acid groups (broad SMARTS) is 1. The highest BCUT2D eigenvalue weighted by Crippen LogP contribution is 2.24. The van der Waals surface area contributed by atoms with Crippen LogP contribution in [0.15, 0.2) is 54.6 Å². The smallest absolute Gasteiger partial charge is 0.480 e. The van der Waals surface area contributed by atoms with Crippen molar-refractivity contribution >= 4 is 11.7 Å². The fourth-order valence-corrected chi connectivity index (χ4v) is 2.10. The van der Waals surface area contributed by atoms with Crippen LogP contribution in [-0.4, -0.2) is 24.0 Å². The Morgan fingerprint density at radius 2 is 1.78 bits per heavy atom. The summed E-state index contributed by atoms with van der Waals surface area (Å²) < 4.78 is 40.7. The first-order chi connectivity index (χ1) is 10.8. The first kappa shape index (κ1) is 16.7. The zero-order valence-corrected chi connectivity index (χ0v) is 12.0. The quantitative estimate of drug-likeness (QED) is 0.880. The molecular weight excluding hydrogens is 311 g/mol. The Morgan fingerprint density at radius 3 is 2.39 bits per heavy atom. The van der Waals surface area contributed by atoms with Crippen LogP contribution in [0.5, 0.6) is 5.75 Å². The van der Waals surface area contributed by atoms with Gasteiger partial charge in [-0.15, -0.1) is 13.2 Å². The van der Waals surface area contributed by atoms with Crippen molar-refractivity contribution in [1.29, 1.82) is 0 Å². The normalized spacial score (nSPS) is 11.1. The van der Waals surface area contributed by atoms with Gasteiger partial charge in [0, 0.05) is 12.2 Å². The lowest BCUT2D eigenvalue weighted by Gasteiger charge is -2.23. The van der Waals surface area contributed by atoms with Gasteiger partial charge in [-0.25, -0.2) is 0 Å². The van der Waals surface area contributed by atoms with E-state index in [1.807, 2.05) is 0 Å². The summed E-state index contributed by atoms with van der Waals surface area (Å²) in [6, 6.07) is 14.3. The van der Waals surface area contributed by atoms with Crippen molar-refractivity contribution in [3.63, 3.8) is 0 Å². The summed E-state index contributed by atoms with van der Waals surface area (Å²) in [6.45, 7) is -0.125. The Kier molecular flexibility index (Phi) is 5.10. The lowest BCUT2D eigenvalue weighted by atomic mass is 10.2. The van der Waals surface area contributed by atoms with Crippen LogP contribution >= 0.6 is 0 Å². The minimum atomic E-state index is -4.77. The molecule has 0 aliphatic rings. The largest absolute Gasteiger partial charge is 0.573 e. The summed E-state index contributed by atoms with van der Waals surface area (Å²) in [5.41, 5.74) is 1.17. The molecule has 0 aliphatic carbocycles. The van der Waals surface area contributed by atoms with E-state index < -0.39 is 12.3 Å². The molecule has 0 spiro atoms. The maximum absolute atomic E-state index is 12.3. The summed E-state index contributed by atoms with van der Waals surface area (Å²) in [7, 11) is 0. The second-order valence-electron chi connectivity index (χ2n) is 4.78. The number of hydrogen-bond acceptors (Lipinski definition) is 3. The topological polar surface area (TPSA) is 49.8 Å². The van der Waals surface area contributed by atoms with Crippen molar-refractivity contribution in [1.82, 2.24) is 0 Å². The van der Waals surface area contributed by atoms with Crippen LogP contribution in [0.2, 0.25) is 0 Å². The fourth-order valence-electron chi connectivity index (χ4n) is 2.10. The van der Waals surface area contributed by atoms with Crippen LogP contribution in [0.4, 0.5) is 18.9 Å². The molecule has 0 heterocycles. The molecule has 0 aromatic heterocycles. The molecule has 2 aromatic rings. The zero-order valence-electron chi connectivity index (χ0n) is 12.0. The SMILES string of the molecule is O=C(O)CN(Cc1cccc(OC(F)(F)F)c1)c1ccccc1. The molecule has 0 saturated carbocycles. The van der Waals surface area contributed by atoms with Crippen LogP contribution in [-0.2, 0) is 11.3 Å². The van der Waals surface area contributed by atoms with Crippen molar-refractivity contribution in [2.24, 2.45) is 0 Å². The van der Waals surface area contributed by atoms with Gasteiger partial charge in [-0.2, -0.15) is 0 Å². The van der Waals surface area contributed by atoms with E-state index in [1.165, 1.54) is 18.2 Å². The van der Waals surface area contributed by atoms with E-state index in [-0.39, 0.29) is 18.8 Å². The number of carbonyl (C=O) groups is 1. The molecule has 0 saturated heterocycles. The standard InChI is InChI=1S/C16H14F3NO3/c17-16(18,19)23-14-8-4-5-12(9-14)10-20(11-15(21)22)13-6-2-1-3-7-13/h1-9H,10-11H2,(H,21,22). The third-order valence-electron chi connectivity index (χ3n) is 2.95. The van der Waals surface area contributed by atoms with Gasteiger partial charge in [0.05, 0.1) is 0 Å². The Bertz CT molecular complexity index is 659. The molecule has 0 atom stereocenters. The molecule has 23 heavy (non-hydrogen) atoms. The predicted octanol–water partition coefficient (Wildman–Crippen LogP) is 3.68. The van der Waals surface area contributed by atoms with E-state index in [9.17, 15) is 18.0 Å². The fraction of sp³-hybridized carbons (Fsp3) is 0.188. The molecular formula is C16H14F3NO3. The Hall–Kier alpha value is -2.70. The molecule has 4 nitrogen and oxygen atoms in total. The second-order valence-corrected chi connectivity index (χ2v) is 4.78. The predicted molar refractivity (Wildman–Crippen MR) is 78.3 cm³/mol. The maximum atomic E-state index is 12.3. The van der Waals surface area contributed by atoms with Crippen LogP contribution < -0.4 is 9.64 Å². The van der Waals surface area contributed by atoms with Gasteiger partial charge in [0.25, 0.3) is 0 Å². The molecule has 0 amide bonds. The molecule has 2 aromatic carbocycles. The molecule has 0 aliphatic heterocycles. The highest BCUT2D eigenvalue weighted by atomic mass is 19.4. The van der Waals surface area contributed by atoms with Crippen LogP contribution in [0.1, 0.15) is 5.56 Å². The Labute approximate surface area is 130 Å². The van der Waals surface area contributed by atoms with E-state index in [2.05, 4.69) is 4.74 Å². The molecule has 7 heteroatoms. The monoisotopic (exact) mass is 325 g/mol. The van der Waals surface area contributed by atoms with Crippen molar-refractivity contribution in [3.8, 4) is 5.75 Å². The molecule has 1 N–H and O–H groups in total. The summed E-state index contributed by atoms with van der Waals surface area (Å²) in [4.78, 5) is 12.6. The number of aliphatic carboxylic acids is 1. The van der Waals surface area contributed by atoms with E-state index in [0.717, 1.165) is 0 Å². The molecule has 2 rings (SSSR count). The van der Waals surface area contributed by atoms with Crippen molar-refractivity contribution in [2.45, 2.75) is 12.9 Å². The van der Waals surface area contributed by atoms with E-state index in [1.54, 1.807) is 41.3 Å². The molecule has 122 valence electrons. The Morgan fingerprint density at radius 1 is 1.09 bits per heavy atom. The van der Waals surface area contributed by atoms with Gasteiger partial charge >= 0.3 is 12.3 Å². The first-order valence-corrected chi connectivity index (χ1v) is 6.70. The van der Waals surface area contributed by atoms with Gasteiger partial charge in [-0.3, -0.25) is 4.79 Å². The number of hydrogen-bond donors (Lipinski definition) is 1. The minimum Gasteiger partial charge on any atom is -0.480 e. The lowest BCUT2D eigenvalue weighted by Crippen LogP contribution is -2.29. The average Bonchev–Trinajstić information content (AvgIpc) is 2.45. The van der Waals surface area contributed by atoms with Gasteiger partial charge in [0.2, 0.25) is 0 Å². The second kappa shape index (κ2) is 7.04. The van der Waals surface area contributed by atoms with E-state index in [0.29, 0.717) is 11.3 Å².